The molecule has 0 aromatic heterocycles. The number of hydrogen-bond acceptors (Lipinski definition) is 4. The Morgan fingerprint density at radius 1 is 1.15 bits per heavy atom. The average Bonchev–Trinajstić information content (AvgIpc) is 2.04. The molecular weight excluding hydrogens is 252 g/mol. The summed E-state index contributed by atoms with van der Waals surface area (Å²) < 4.78 is 25.2. The van der Waals surface area contributed by atoms with E-state index in [4.69, 9.17) is 8.91 Å². The maximum absolute atomic E-state index is 10.2. The largest absolute Gasteiger partial charge is 0.462 e. The highest BCUT2D eigenvalue weighted by atomic mass is 29.2. The lowest BCUT2D eigenvalue weighted by molar-refractivity contribution is 0.548. The fourth-order valence-corrected chi connectivity index (χ4v) is 1.30. The van der Waals surface area contributed by atoms with Crippen molar-refractivity contribution in [3.63, 3.8) is 0 Å². The summed E-state index contributed by atoms with van der Waals surface area (Å²) in [6.45, 7) is 7.27. The fraction of sp³-hybridized carbons (Fsp3) is 1.00. The highest BCUT2D eigenvalue weighted by Gasteiger charge is 2.18. The molecule has 0 saturated carbocycles. The van der Waals surface area contributed by atoms with Crippen LogP contribution in [0.5, 0.6) is 0 Å². The lowest BCUT2D eigenvalue weighted by Crippen LogP contribution is -2.32. The lowest BCUT2D eigenvalue weighted by atomic mass is 11.9. The van der Waals surface area contributed by atoms with E-state index in [9.17, 15) is 8.92 Å². The first kappa shape index (κ1) is 16.1. The van der Waals surface area contributed by atoms with Gasteiger partial charge >= 0.3 is 0 Å². The molecule has 0 aliphatic heterocycles. The Bertz CT molecular complexity index is 164. The van der Waals surface area contributed by atoms with Crippen LogP contribution < -0.4 is 0 Å². The van der Waals surface area contributed by atoms with Gasteiger partial charge in [0, 0.05) is 0 Å². The zero-order valence-electron chi connectivity index (χ0n) is 8.83. The molecule has 0 aliphatic rings. The highest BCUT2D eigenvalue weighted by molar-refractivity contribution is 7.15. The molecular formula is C4H18O4Si5. The van der Waals surface area contributed by atoms with Crippen LogP contribution in [0.15, 0.2) is 0 Å². The second-order valence-corrected chi connectivity index (χ2v) is 22.1. The summed E-state index contributed by atoms with van der Waals surface area (Å²) in [6.07, 6.45) is 0. The van der Waals surface area contributed by atoms with Gasteiger partial charge < -0.3 is 17.8 Å². The third kappa shape index (κ3) is 15.4. The van der Waals surface area contributed by atoms with Crippen molar-refractivity contribution >= 4 is 44.0 Å². The molecule has 0 unspecified atom stereocenters. The van der Waals surface area contributed by atoms with Crippen molar-refractivity contribution in [2.75, 3.05) is 0 Å². The number of rotatable bonds is 3. The molecule has 0 spiro atoms. The molecule has 78 valence electrons. The van der Waals surface area contributed by atoms with E-state index >= 15 is 0 Å². The van der Waals surface area contributed by atoms with Gasteiger partial charge in [0.2, 0.25) is 15.7 Å². The molecule has 0 rings (SSSR count). The minimum atomic E-state index is -2.10. The van der Waals surface area contributed by atoms with Crippen molar-refractivity contribution in [3.8, 4) is 0 Å². The molecule has 1 N–H and O–H groups in total. The van der Waals surface area contributed by atoms with Gasteiger partial charge in [-0.2, -0.15) is 0 Å². The molecule has 0 atom stereocenters. The summed E-state index contributed by atoms with van der Waals surface area (Å²) in [5.74, 6) is 0. The first-order valence-electron chi connectivity index (χ1n) is 3.88. The van der Waals surface area contributed by atoms with Crippen LogP contribution in [0, 0.1) is 0 Å². The topological polar surface area (TPSA) is 63.6 Å². The fourth-order valence-electron chi connectivity index (χ4n) is 0.0481. The first-order chi connectivity index (χ1) is 5.68. The van der Waals surface area contributed by atoms with Gasteiger partial charge in [0.05, 0.1) is 0 Å². The predicted molar refractivity (Wildman–Crippen MR) is 63.9 cm³/mol. The quantitative estimate of drug-likeness (QED) is 0.617. The van der Waals surface area contributed by atoms with Crippen molar-refractivity contribution in [3.05, 3.63) is 0 Å². The van der Waals surface area contributed by atoms with Gasteiger partial charge in [-0.05, 0) is 26.2 Å². The normalized spacial score (nSPS) is 11.5. The van der Waals surface area contributed by atoms with Gasteiger partial charge in [-0.1, -0.05) is 0 Å². The van der Waals surface area contributed by atoms with Crippen molar-refractivity contribution in [2.45, 2.75) is 26.2 Å². The summed E-state index contributed by atoms with van der Waals surface area (Å²) in [7, 11) is -4.46. The minimum Gasteiger partial charge on any atom is -0.462 e. The summed E-state index contributed by atoms with van der Waals surface area (Å²) in [4.78, 5) is 8.69. The second-order valence-electron chi connectivity index (χ2n) is 3.70. The van der Waals surface area contributed by atoms with E-state index in [1.54, 1.807) is 13.1 Å². The standard InChI is InChI=1S/C2H10O2Si3.C2H8O2Si2/c1-7(2,4-5)6-3;1-6(2,4)5-3/h6H,1-2,5H3;4-5H,1-2H3. The summed E-state index contributed by atoms with van der Waals surface area (Å²) in [6, 6.07) is 0. The van der Waals surface area contributed by atoms with Crippen LogP contribution in [0.2, 0.25) is 26.2 Å². The zero-order chi connectivity index (χ0) is 11.1. The molecule has 13 heavy (non-hydrogen) atoms. The monoisotopic (exact) mass is 270 g/mol. The highest BCUT2D eigenvalue weighted by Crippen LogP contribution is 1.92. The van der Waals surface area contributed by atoms with Crippen molar-refractivity contribution in [1.82, 2.24) is 0 Å². The van der Waals surface area contributed by atoms with Crippen molar-refractivity contribution in [2.24, 2.45) is 0 Å². The second kappa shape index (κ2) is 6.97. The Morgan fingerprint density at radius 3 is 1.46 bits per heavy atom. The molecule has 0 heterocycles. The summed E-state index contributed by atoms with van der Waals surface area (Å²) >= 11 is 0. The van der Waals surface area contributed by atoms with E-state index in [1.165, 1.54) is 0 Å². The summed E-state index contributed by atoms with van der Waals surface area (Å²) in [5, 5.41) is 0. The molecule has 0 aliphatic carbocycles. The molecule has 0 amide bonds. The Balaban J connectivity index is 0. The SMILES string of the molecule is C[Si](C)(O)[SiH]=O.C[Si](C)(O[SiH3])[SiH]=O. The van der Waals surface area contributed by atoms with Crippen LogP contribution in [0.4, 0.5) is 0 Å². The van der Waals surface area contributed by atoms with Gasteiger partial charge in [-0.15, -0.1) is 0 Å². The van der Waals surface area contributed by atoms with Crippen LogP contribution in [0.1, 0.15) is 0 Å². The van der Waals surface area contributed by atoms with E-state index in [2.05, 4.69) is 0 Å². The average molecular weight is 271 g/mol. The molecule has 4 nitrogen and oxygen atoms in total. The van der Waals surface area contributed by atoms with E-state index in [-0.39, 0.29) is 0 Å². The van der Waals surface area contributed by atoms with E-state index in [0.29, 0.717) is 0 Å². The smallest absolute Gasteiger partial charge is 0.274 e. The van der Waals surface area contributed by atoms with Crippen LogP contribution >= 0.6 is 0 Å². The Morgan fingerprint density at radius 2 is 1.46 bits per heavy atom. The summed E-state index contributed by atoms with van der Waals surface area (Å²) in [5.41, 5.74) is 0. The van der Waals surface area contributed by atoms with E-state index in [0.717, 1.165) is 10.5 Å². The van der Waals surface area contributed by atoms with Crippen molar-refractivity contribution < 1.29 is 17.8 Å². The zero-order valence-corrected chi connectivity index (χ0v) is 15.1. The molecule has 0 saturated heterocycles. The Kier molecular flexibility index (Phi) is 8.61. The van der Waals surface area contributed by atoms with Gasteiger partial charge in [0.1, 0.15) is 10.5 Å². The maximum Gasteiger partial charge on any atom is 0.274 e. The van der Waals surface area contributed by atoms with Crippen molar-refractivity contribution in [1.29, 1.82) is 0 Å². The van der Waals surface area contributed by atoms with Gasteiger partial charge in [0.25, 0.3) is 17.8 Å². The predicted octanol–water partition coefficient (Wildman–Crippen LogP) is -1.77. The Hall–Kier alpha value is 0.604. The van der Waals surface area contributed by atoms with Crippen LogP contribution in [-0.2, 0) is 13.0 Å². The molecule has 0 radical (unpaired) electrons. The maximum atomic E-state index is 10.2. The third-order valence-electron chi connectivity index (χ3n) is 1.10. The molecule has 0 aromatic carbocycles. The lowest BCUT2D eigenvalue weighted by Gasteiger charge is -2.09. The number of hydrogen-bond donors (Lipinski definition) is 1. The van der Waals surface area contributed by atoms with Crippen LogP contribution in [0.25, 0.3) is 0 Å². The van der Waals surface area contributed by atoms with Gasteiger partial charge in [0.15, 0.2) is 0 Å². The molecule has 0 aromatic rings. The van der Waals surface area contributed by atoms with Crippen LogP contribution in [0.3, 0.4) is 0 Å². The van der Waals surface area contributed by atoms with Gasteiger partial charge in [-0.3, -0.25) is 0 Å². The van der Waals surface area contributed by atoms with E-state index < -0.39 is 33.5 Å². The minimum absolute atomic E-state index is 0.635. The third-order valence-corrected chi connectivity index (χ3v) is 12.0. The molecule has 9 heteroatoms. The Labute approximate surface area is 88.2 Å². The van der Waals surface area contributed by atoms with Crippen LogP contribution in [-0.4, -0.2) is 48.8 Å². The van der Waals surface area contributed by atoms with Gasteiger partial charge in [-0.25, -0.2) is 0 Å². The first-order valence-corrected chi connectivity index (χ1v) is 15.1. The van der Waals surface area contributed by atoms with E-state index in [1.807, 2.05) is 13.1 Å². The molecule has 0 fully saturated rings. The molecule has 0 bridgehead atoms.